The van der Waals surface area contributed by atoms with Gasteiger partial charge in [-0.2, -0.15) is 0 Å². The highest BCUT2D eigenvalue weighted by molar-refractivity contribution is 5.85. The zero-order valence-electron chi connectivity index (χ0n) is 23.3. The van der Waals surface area contributed by atoms with Crippen molar-refractivity contribution in [2.75, 3.05) is 56.8 Å². The molecule has 2 aliphatic rings. The molecule has 4 heterocycles. The van der Waals surface area contributed by atoms with Crippen molar-refractivity contribution in [1.29, 1.82) is 0 Å². The largest absolute Gasteiger partial charge is 0.398 e. The van der Waals surface area contributed by atoms with Crippen LogP contribution >= 0.6 is 0 Å². The van der Waals surface area contributed by atoms with Gasteiger partial charge in [-0.25, -0.2) is 9.78 Å². The van der Waals surface area contributed by atoms with Gasteiger partial charge in [-0.05, 0) is 63.2 Å². The van der Waals surface area contributed by atoms with E-state index in [1.165, 1.54) is 4.57 Å². The average molecular weight is 520 g/mol. The number of hydrogen-bond donors (Lipinski definition) is 2. The molecule has 0 spiro atoms. The first-order chi connectivity index (χ1) is 18.1. The number of piperidine rings is 1. The molecule has 2 aromatic heterocycles. The fourth-order valence-electron chi connectivity index (χ4n) is 5.99. The number of pyridine rings is 1. The Morgan fingerprint density at radius 1 is 1.05 bits per heavy atom. The number of aromatic nitrogens is 3. The van der Waals surface area contributed by atoms with E-state index in [0.717, 1.165) is 54.9 Å². The average Bonchev–Trinajstić information content (AvgIpc) is 3.12. The second-order valence-electron chi connectivity index (χ2n) is 11.7. The van der Waals surface area contributed by atoms with E-state index >= 15 is 0 Å². The molecule has 0 amide bonds. The molecule has 2 aliphatic heterocycles. The predicted octanol–water partition coefficient (Wildman–Crippen LogP) is 3.60. The van der Waals surface area contributed by atoms with Gasteiger partial charge in [0.25, 0.3) is 0 Å². The third kappa shape index (κ3) is 4.69. The minimum atomic E-state index is -0.224. The van der Waals surface area contributed by atoms with E-state index in [9.17, 15) is 4.79 Å². The lowest BCUT2D eigenvalue weighted by Crippen LogP contribution is -2.42. The lowest BCUT2D eigenvalue weighted by molar-refractivity contribution is -0.0261. The summed E-state index contributed by atoms with van der Waals surface area (Å²) >= 11 is 0. The summed E-state index contributed by atoms with van der Waals surface area (Å²) in [7, 11) is 6.02. The highest BCUT2D eigenvalue weighted by Gasteiger charge is 2.38. The lowest BCUT2D eigenvalue weighted by atomic mass is 9.81. The highest BCUT2D eigenvalue weighted by Crippen LogP contribution is 2.42. The number of nitrogens with zero attached hydrogens (tertiary/aromatic N) is 5. The topological polar surface area (TPSA) is 108 Å². The van der Waals surface area contributed by atoms with Crippen LogP contribution in [0.4, 0.5) is 17.3 Å². The molecule has 0 bridgehead atoms. The molecule has 0 radical (unpaired) electrons. The molecular weight excluding hydrogens is 478 g/mol. The molecule has 9 nitrogen and oxygen atoms in total. The van der Waals surface area contributed by atoms with Gasteiger partial charge in [0.2, 0.25) is 0 Å². The Bertz CT molecular complexity index is 1350. The van der Waals surface area contributed by atoms with Gasteiger partial charge in [0.05, 0.1) is 12.3 Å². The number of hydrogen-bond acceptors (Lipinski definition) is 7. The van der Waals surface area contributed by atoms with Crippen molar-refractivity contribution in [2.24, 2.45) is 12.5 Å². The molecule has 0 unspecified atom stereocenters. The number of anilines is 3. The Morgan fingerprint density at radius 3 is 2.39 bits per heavy atom. The maximum absolute atomic E-state index is 13.4. The molecule has 1 atom stereocenters. The van der Waals surface area contributed by atoms with Crippen LogP contribution in [0.2, 0.25) is 0 Å². The summed E-state index contributed by atoms with van der Waals surface area (Å²) in [6.45, 7) is 7.47. The second kappa shape index (κ2) is 10.1. The van der Waals surface area contributed by atoms with Crippen LogP contribution in [0.1, 0.15) is 39.2 Å². The molecular formula is C29H41N7O2. The molecule has 0 saturated carbocycles. The smallest absolute Gasteiger partial charge is 0.330 e. The van der Waals surface area contributed by atoms with Gasteiger partial charge in [-0.3, -0.25) is 9.13 Å². The molecule has 0 aliphatic carbocycles. The van der Waals surface area contributed by atoms with Gasteiger partial charge in [-0.1, -0.05) is 19.9 Å². The minimum Gasteiger partial charge on any atom is -0.398 e. The summed E-state index contributed by atoms with van der Waals surface area (Å²) in [5, 5.41) is 0. The third-order valence-corrected chi connectivity index (χ3v) is 8.47. The zero-order valence-corrected chi connectivity index (χ0v) is 23.3. The highest BCUT2D eigenvalue weighted by atomic mass is 16.5. The van der Waals surface area contributed by atoms with E-state index in [-0.39, 0.29) is 17.1 Å². The minimum absolute atomic E-state index is 0.0529. The zero-order chi connectivity index (χ0) is 27.2. The van der Waals surface area contributed by atoms with Gasteiger partial charge >= 0.3 is 5.69 Å². The van der Waals surface area contributed by atoms with Crippen LogP contribution in [0, 0.1) is 5.41 Å². The van der Waals surface area contributed by atoms with E-state index in [4.69, 9.17) is 21.2 Å². The van der Waals surface area contributed by atoms with Crippen LogP contribution in [0.25, 0.3) is 22.4 Å². The van der Waals surface area contributed by atoms with E-state index in [1.54, 1.807) is 7.05 Å². The van der Waals surface area contributed by atoms with Crippen molar-refractivity contribution < 1.29 is 4.74 Å². The van der Waals surface area contributed by atoms with Gasteiger partial charge < -0.3 is 26.0 Å². The number of benzene rings is 1. The number of imidazole rings is 1. The van der Waals surface area contributed by atoms with Gasteiger partial charge in [0.15, 0.2) is 0 Å². The molecule has 2 saturated heterocycles. The number of ether oxygens (including phenoxy) is 1. The van der Waals surface area contributed by atoms with Crippen molar-refractivity contribution in [1.82, 2.24) is 19.0 Å². The Morgan fingerprint density at radius 2 is 1.76 bits per heavy atom. The molecule has 5 rings (SSSR count). The summed E-state index contributed by atoms with van der Waals surface area (Å²) < 4.78 is 9.09. The SMILES string of the molecule is CN(C)C1CCN(c2ccc(-c3ccc(N)c(-c4c(N)n(C)c(=O)n4[C@@H]4CCOCC4(C)C)c3)cn2)CC1. The van der Waals surface area contributed by atoms with Crippen LogP contribution in [-0.2, 0) is 11.8 Å². The standard InChI is InChI=1S/C29H41N7O2/c1-29(2)18-38-15-12-24(29)36-26(27(31)34(5)28(36)37)22-16-19(6-8-23(22)30)20-7-9-25(32-17-20)35-13-10-21(11-14-35)33(3)4/h6-9,16-17,21,24H,10-15,18,30-31H2,1-5H3/t24-/m1/s1. The molecule has 38 heavy (non-hydrogen) atoms. The molecule has 9 heteroatoms. The second-order valence-corrected chi connectivity index (χ2v) is 11.7. The number of nitrogens with two attached hydrogens (primary N) is 2. The molecule has 1 aromatic carbocycles. The Kier molecular flexibility index (Phi) is 7.00. The summed E-state index contributed by atoms with van der Waals surface area (Å²) in [4.78, 5) is 22.9. The summed E-state index contributed by atoms with van der Waals surface area (Å²) in [6.07, 6.45) is 4.94. The molecule has 3 aromatic rings. The number of rotatable bonds is 5. The third-order valence-electron chi connectivity index (χ3n) is 8.47. The normalized spacial score (nSPS) is 20.3. The Balaban J connectivity index is 1.49. The van der Waals surface area contributed by atoms with Crippen molar-refractivity contribution in [3.63, 3.8) is 0 Å². The first-order valence-corrected chi connectivity index (χ1v) is 13.5. The van der Waals surface area contributed by atoms with E-state index in [2.05, 4.69) is 49.9 Å². The summed E-state index contributed by atoms with van der Waals surface area (Å²) in [5.74, 6) is 1.42. The van der Waals surface area contributed by atoms with Crippen LogP contribution in [0.3, 0.4) is 0 Å². The first-order valence-electron chi connectivity index (χ1n) is 13.5. The van der Waals surface area contributed by atoms with Crippen LogP contribution in [0.15, 0.2) is 41.3 Å². The quantitative estimate of drug-likeness (QED) is 0.496. The van der Waals surface area contributed by atoms with Crippen LogP contribution in [0.5, 0.6) is 0 Å². The summed E-state index contributed by atoms with van der Waals surface area (Å²) in [6, 6.07) is 10.7. The van der Waals surface area contributed by atoms with Crippen molar-refractivity contribution in [3.05, 3.63) is 47.0 Å². The summed E-state index contributed by atoms with van der Waals surface area (Å²) in [5.41, 5.74) is 16.7. The molecule has 204 valence electrons. The van der Waals surface area contributed by atoms with Crippen LogP contribution in [-0.4, -0.2) is 65.5 Å². The van der Waals surface area contributed by atoms with E-state index < -0.39 is 0 Å². The maximum Gasteiger partial charge on any atom is 0.330 e. The maximum atomic E-state index is 13.4. The molecule has 4 N–H and O–H groups in total. The van der Waals surface area contributed by atoms with E-state index in [1.807, 2.05) is 29.0 Å². The fraction of sp³-hybridized carbons (Fsp3) is 0.517. The van der Waals surface area contributed by atoms with Crippen molar-refractivity contribution in [3.8, 4) is 22.4 Å². The van der Waals surface area contributed by atoms with Crippen molar-refractivity contribution >= 4 is 17.3 Å². The fourth-order valence-corrected chi connectivity index (χ4v) is 5.99. The van der Waals surface area contributed by atoms with Gasteiger partial charge in [0, 0.05) is 67.3 Å². The predicted molar refractivity (Wildman–Crippen MR) is 154 cm³/mol. The van der Waals surface area contributed by atoms with E-state index in [0.29, 0.717) is 36.5 Å². The van der Waals surface area contributed by atoms with Crippen LogP contribution < -0.4 is 22.1 Å². The van der Waals surface area contributed by atoms with Gasteiger partial charge in [-0.15, -0.1) is 0 Å². The first kappa shape index (κ1) is 26.3. The van der Waals surface area contributed by atoms with Crippen molar-refractivity contribution in [2.45, 2.75) is 45.2 Å². The Hall–Kier alpha value is -3.30. The molecule has 2 fully saturated rings. The number of nitrogen functional groups attached to an aromatic ring is 2. The lowest BCUT2D eigenvalue weighted by Gasteiger charge is -2.39. The Labute approximate surface area is 225 Å². The van der Waals surface area contributed by atoms with Gasteiger partial charge in [0.1, 0.15) is 11.6 Å². The monoisotopic (exact) mass is 519 g/mol.